The summed E-state index contributed by atoms with van der Waals surface area (Å²) in [5, 5.41) is 0.155. The third-order valence-electron chi connectivity index (χ3n) is 4.50. The molecule has 0 aromatic heterocycles. The van der Waals surface area contributed by atoms with E-state index < -0.39 is 11.4 Å². The molecule has 3 rings (SSSR count). The number of Topliss-reactive ketones (excluding diaryl/α,β-unsaturated/α-hetero) is 1. The van der Waals surface area contributed by atoms with Gasteiger partial charge in [0.25, 0.3) is 0 Å². The smallest absolute Gasteiger partial charge is 0.184 e. The Balaban J connectivity index is 2.04. The number of thioether (sulfide) groups is 1. The predicted molar refractivity (Wildman–Crippen MR) is 128 cm³/mol. The lowest BCUT2D eigenvalue weighted by Crippen LogP contribution is -2.37. The van der Waals surface area contributed by atoms with Crippen LogP contribution >= 0.6 is 67.4 Å². The van der Waals surface area contributed by atoms with Gasteiger partial charge in [-0.1, -0.05) is 63.6 Å². The third kappa shape index (κ3) is 4.59. The highest BCUT2D eigenvalue weighted by atomic mass is 79.9. The van der Waals surface area contributed by atoms with Gasteiger partial charge in [-0.25, -0.2) is 0 Å². The van der Waals surface area contributed by atoms with E-state index in [1.807, 2.05) is 18.2 Å². The molecule has 0 fully saturated rings. The van der Waals surface area contributed by atoms with E-state index in [0.717, 1.165) is 27.6 Å². The number of carbonyl (C=O) groups is 1. The van der Waals surface area contributed by atoms with Crippen LogP contribution in [0.1, 0.15) is 35.9 Å². The standard InChI is InChI=1S/C20H18Br2ClNO2S2/c1-3-24(4-2)20(27)28-19-16(25)14-9-12(21)10-15(22)18(14)26-17(19)11-5-7-13(23)8-6-11/h5-10,17,19H,3-4H2,1-2H3. The minimum Gasteiger partial charge on any atom is -0.482 e. The first-order valence-electron chi connectivity index (χ1n) is 8.76. The van der Waals surface area contributed by atoms with Crippen LogP contribution in [-0.2, 0) is 0 Å². The van der Waals surface area contributed by atoms with Crippen molar-refractivity contribution in [1.29, 1.82) is 0 Å². The molecule has 2 aromatic rings. The molecule has 0 aliphatic carbocycles. The van der Waals surface area contributed by atoms with Gasteiger partial charge in [0, 0.05) is 22.6 Å². The number of fused-ring (bicyclic) bond motifs is 1. The fraction of sp³-hybridized carbons (Fsp3) is 0.300. The Hall–Kier alpha value is -0.600. The summed E-state index contributed by atoms with van der Waals surface area (Å²) < 4.78 is 8.59. The van der Waals surface area contributed by atoms with Crippen molar-refractivity contribution in [3.63, 3.8) is 0 Å². The maximum absolute atomic E-state index is 13.5. The van der Waals surface area contributed by atoms with Gasteiger partial charge in [0.1, 0.15) is 21.4 Å². The van der Waals surface area contributed by atoms with Gasteiger partial charge in [0.15, 0.2) is 5.78 Å². The Bertz CT molecular complexity index is 904. The van der Waals surface area contributed by atoms with Crippen molar-refractivity contribution in [2.45, 2.75) is 25.2 Å². The molecule has 28 heavy (non-hydrogen) atoms. The lowest BCUT2D eigenvalue weighted by molar-refractivity contribution is 0.0866. The SMILES string of the molecule is CCN(CC)C(=S)SC1C(=O)c2cc(Br)cc(Br)c2OC1c1ccc(Cl)cc1. The molecule has 148 valence electrons. The van der Waals surface area contributed by atoms with Gasteiger partial charge in [0.05, 0.1) is 10.0 Å². The number of nitrogens with zero attached hydrogens (tertiary/aromatic N) is 1. The van der Waals surface area contributed by atoms with Crippen LogP contribution in [0.2, 0.25) is 5.02 Å². The van der Waals surface area contributed by atoms with Crippen molar-refractivity contribution < 1.29 is 9.53 Å². The van der Waals surface area contributed by atoms with E-state index >= 15 is 0 Å². The van der Waals surface area contributed by atoms with E-state index in [-0.39, 0.29) is 5.78 Å². The quantitative estimate of drug-likeness (QED) is 0.377. The number of ketones is 1. The summed E-state index contributed by atoms with van der Waals surface area (Å²) in [5.41, 5.74) is 1.43. The molecule has 0 spiro atoms. The number of halogens is 3. The van der Waals surface area contributed by atoms with Gasteiger partial charge in [-0.3, -0.25) is 4.79 Å². The molecule has 0 bridgehead atoms. The average molecular weight is 564 g/mol. The summed E-state index contributed by atoms with van der Waals surface area (Å²) in [6.07, 6.45) is -0.465. The molecule has 8 heteroatoms. The first-order chi connectivity index (χ1) is 13.3. The Morgan fingerprint density at radius 3 is 2.46 bits per heavy atom. The largest absolute Gasteiger partial charge is 0.482 e. The normalized spacial score (nSPS) is 18.4. The topological polar surface area (TPSA) is 29.5 Å². The van der Waals surface area contributed by atoms with E-state index in [1.54, 1.807) is 18.2 Å². The zero-order valence-corrected chi connectivity index (χ0v) is 20.8. The molecule has 2 unspecified atom stereocenters. The molecular weight excluding hydrogens is 546 g/mol. The summed E-state index contributed by atoms with van der Waals surface area (Å²) >= 11 is 20.0. The van der Waals surface area contributed by atoms with E-state index in [9.17, 15) is 4.79 Å². The summed E-state index contributed by atoms with van der Waals surface area (Å²) in [5.74, 6) is 0.557. The Morgan fingerprint density at radius 2 is 1.86 bits per heavy atom. The van der Waals surface area contributed by atoms with Crippen LogP contribution in [0.4, 0.5) is 0 Å². The molecule has 0 saturated carbocycles. The molecule has 0 amide bonds. The van der Waals surface area contributed by atoms with E-state index in [0.29, 0.717) is 20.7 Å². The second kappa shape index (κ2) is 9.47. The molecule has 3 nitrogen and oxygen atoms in total. The summed E-state index contributed by atoms with van der Waals surface area (Å²) in [6.45, 7) is 5.69. The number of thiocarbonyl (C=S) groups is 1. The summed E-state index contributed by atoms with van der Waals surface area (Å²) in [7, 11) is 0. The van der Waals surface area contributed by atoms with Gasteiger partial charge in [-0.2, -0.15) is 0 Å². The fourth-order valence-corrected chi connectivity index (χ4v) is 6.23. The maximum atomic E-state index is 13.5. The van der Waals surface area contributed by atoms with Crippen LogP contribution in [0.3, 0.4) is 0 Å². The van der Waals surface area contributed by atoms with Crippen LogP contribution in [0.5, 0.6) is 5.75 Å². The summed E-state index contributed by atoms with van der Waals surface area (Å²) in [6, 6.07) is 11.1. The number of carbonyl (C=O) groups excluding carboxylic acids is 1. The molecule has 2 atom stereocenters. The van der Waals surface area contributed by atoms with Crippen molar-refractivity contribution in [1.82, 2.24) is 4.90 Å². The fourth-order valence-electron chi connectivity index (χ4n) is 3.02. The molecular formula is C20H18Br2ClNO2S2. The molecule has 0 radical (unpaired) electrons. The van der Waals surface area contributed by atoms with Crippen LogP contribution in [0.25, 0.3) is 0 Å². The molecule has 1 aliphatic heterocycles. The lowest BCUT2D eigenvalue weighted by Gasteiger charge is -2.34. The number of benzene rings is 2. The van der Waals surface area contributed by atoms with E-state index in [2.05, 4.69) is 50.6 Å². The second-order valence-electron chi connectivity index (χ2n) is 6.20. The third-order valence-corrected chi connectivity index (χ3v) is 7.52. The first-order valence-corrected chi connectivity index (χ1v) is 12.0. The number of rotatable bonds is 4. The highest BCUT2D eigenvalue weighted by molar-refractivity contribution is 9.11. The number of ether oxygens (including phenoxy) is 1. The Morgan fingerprint density at radius 1 is 1.21 bits per heavy atom. The van der Waals surface area contributed by atoms with Crippen LogP contribution in [-0.4, -0.2) is 33.3 Å². The monoisotopic (exact) mass is 561 g/mol. The highest BCUT2D eigenvalue weighted by Crippen LogP contribution is 2.45. The van der Waals surface area contributed by atoms with Crippen molar-refractivity contribution in [3.05, 3.63) is 61.5 Å². The second-order valence-corrected chi connectivity index (χ2v) is 10.2. The van der Waals surface area contributed by atoms with Crippen molar-refractivity contribution in [3.8, 4) is 5.75 Å². The molecule has 2 aromatic carbocycles. The Labute approximate surface area is 196 Å². The predicted octanol–water partition coefficient (Wildman–Crippen LogP) is 6.91. The van der Waals surface area contributed by atoms with Crippen LogP contribution in [0.15, 0.2) is 45.3 Å². The van der Waals surface area contributed by atoms with Crippen molar-refractivity contribution >= 4 is 77.5 Å². The van der Waals surface area contributed by atoms with Gasteiger partial charge in [-0.15, -0.1) is 0 Å². The molecule has 1 heterocycles. The Kier molecular flexibility index (Phi) is 7.48. The number of hydrogen-bond donors (Lipinski definition) is 0. The number of hydrogen-bond acceptors (Lipinski definition) is 4. The van der Waals surface area contributed by atoms with Crippen molar-refractivity contribution in [2.24, 2.45) is 0 Å². The zero-order valence-electron chi connectivity index (χ0n) is 15.2. The van der Waals surface area contributed by atoms with Gasteiger partial charge in [-0.05, 0) is 59.6 Å². The van der Waals surface area contributed by atoms with Crippen LogP contribution < -0.4 is 4.74 Å². The maximum Gasteiger partial charge on any atom is 0.184 e. The van der Waals surface area contributed by atoms with Gasteiger partial charge in [0.2, 0.25) is 0 Å². The van der Waals surface area contributed by atoms with E-state index in [4.69, 9.17) is 28.6 Å². The molecule has 0 N–H and O–H groups in total. The zero-order chi connectivity index (χ0) is 20.4. The minimum absolute atomic E-state index is 0.00251. The molecule has 0 saturated heterocycles. The highest BCUT2D eigenvalue weighted by Gasteiger charge is 2.41. The average Bonchev–Trinajstić information content (AvgIpc) is 2.66. The van der Waals surface area contributed by atoms with E-state index in [1.165, 1.54) is 11.8 Å². The van der Waals surface area contributed by atoms with Gasteiger partial charge >= 0.3 is 0 Å². The van der Waals surface area contributed by atoms with Crippen molar-refractivity contribution in [2.75, 3.05) is 13.1 Å². The van der Waals surface area contributed by atoms with Crippen LogP contribution in [0, 0.1) is 0 Å². The van der Waals surface area contributed by atoms with Gasteiger partial charge < -0.3 is 9.64 Å². The lowest BCUT2D eigenvalue weighted by atomic mass is 9.96. The first kappa shape index (κ1) is 22.1. The summed E-state index contributed by atoms with van der Waals surface area (Å²) in [4.78, 5) is 15.5. The molecule has 1 aliphatic rings. The minimum atomic E-state index is -0.483.